The first-order valence-electron chi connectivity index (χ1n) is 6.90. The minimum atomic E-state index is -3.54. The third-order valence-corrected chi connectivity index (χ3v) is 7.22. The summed E-state index contributed by atoms with van der Waals surface area (Å²) in [7, 11) is -3.54. The number of aromatic nitrogens is 3. The van der Waals surface area contributed by atoms with Crippen LogP contribution in [0.15, 0.2) is 59.9 Å². The van der Waals surface area contributed by atoms with E-state index in [1.165, 1.54) is 0 Å². The van der Waals surface area contributed by atoms with Crippen molar-refractivity contribution in [3.63, 3.8) is 0 Å². The van der Waals surface area contributed by atoms with Crippen molar-refractivity contribution in [3.05, 3.63) is 67.2 Å². The summed E-state index contributed by atoms with van der Waals surface area (Å²) in [6.07, 6.45) is 11.6. The van der Waals surface area contributed by atoms with Gasteiger partial charge >= 0.3 is 145 Å². The number of hydrogen-bond acceptors (Lipinski definition) is 5. The molecule has 0 radical (unpaired) electrons. The Morgan fingerprint density at radius 3 is 2.83 bits per heavy atom. The van der Waals surface area contributed by atoms with E-state index in [1.54, 1.807) is 42.9 Å². The van der Waals surface area contributed by atoms with Crippen LogP contribution in [0.25, 0.3) is 0 Å². The van der Waals surface area contributed by atoms with E-state index in [9.17, 15) is 8.42 Å². The Morgan fingerprint density at radius 2 is 2.09 bits per heavy atom. The number of sulfonamides is 1. The number of hydrogen-bond donors (Lipinski definition) is 1. The molecule has 23 heavy (non-hydrogen) atoms. The van der Waals surface area contributed by atoms with Gasteiger partial charge in [-0.1, -0.05) is 0 Å². The number of nitrogens with zero attached hydrogens (tertiary/aromatic N) is 3. The first-order valence-corrected chi connectivity index (χ1v) is 10.5. The third-order valence-electron chi connectivity index (χ3n) is 3.07. The molecule has 0 atom stereocenters. The molecule has 1 N–H and O–H groups in total. The van der Waals surface area contributed by atoms with Crippen molar-refractivity contribution in [2.24, 2.45) is 0 Å². The molecule has 0 saturated carbocycles. The van der Waals surface area contributed by atoms with Crippen LogP contribution in [0.3, 0.4) is 0 Å². The van der Waals surface area contributed by atoms with Crippen LogP contribution in [0.2, 0.25) is 0 Å². The molecule has 1 aliphatic carbocycles. The molecule has 0 aromatic carbocycles. The number of rotatable bonds is 5. The fraction of sp³-hybridized carbons (Fsp3) is 0.133. The Labute approximate surface area is 145 Å². The molecule has 0 fully saturated rings. The summed E-state index contributed by atoms with van der Waals surface area (Å²) in [4.78, 5) is 4.75. The van der Waals surface area contributed by atoms with Crippen molar-refractivity contribution in [2.45, 2.75) is 12.8 Å². The van der Waals surface area contributed by atoms with Crippen LogP contribution in [0.5, 0.6) is 0 Å². The van der Waals surface area contributed by atoms with Gasteiger partial charge < -0.3 is 0 Å². The predicted octanol–water partition coefficient (Wildman–Crippen LogP) is -1.02. The van der Waals surface area contributed by atoms with Crippen LogP contribution < -0.4 is 25.9 Å². The second-order valence-electron chi connectivity index (χ2n) is 4.70. The van der Waals surface area contributed by atoms with Crippen molar-refractivity contribution in [2.75, 3.05) is 4.72 Å². The molecule has 0 saturated heterocycles. The van der Waals surface area contributed by atoms with Gasteiger partial charge in [0, 0.05) is 0 Å². The first-order chi connectivity index (χ1) is 11.1. The van der Waals surface area contributed by atoms with Gasteiger partial charge in [-0.25, -0.2) is 0 Å². The summed E-state index contributed by atoms with van der Waals surface area (Å²) in [5.41, 5.74) is 0.535. The Morgan fingerprint density at radius 1 is 1.17 bits per heavy atom. The van der Waals surface area contributed by atoms with E-state index in [0.29, 0.717) is 17.0 Å². The van der Waals surface area contributed by atoms with Crippen LogP contribution in [0.4, 0.5) is 5.69 Å². The Balaban J connectivity index is 1.86. The van der Waals surface area contributed by atoms with E-state index in [1.807, 2.05) is 12.1 Å². The van der Waals surface area contributed by atoms with E-state index in [-0.39, 0.29) is 0 Å². The van der Waals surface area contributed by atoms with Crippen molar-refractivity contribution in [3.8, 4) is 0 Å². The molecule has 120 valence electrons. The van der Waals surface area contributed by atoms with Gasteiger partial charge in [-0.2, -0.15) is 0 Å². The van der Waals surface area contributed by atoms with Gasteiger partial charge in [-0.3, -0.25) is 0 Å². The fourth-order valence-electron chi connectivity index (χ4n) is 1.99. The van der Waals surface area contributed by atoms with Crippen LogP contribution >= 0.6 is 0 Å². The average molecular weight is 441 g/mol. The van der Waals surface area contributed by atoms with Crippen LogP contribution in [-0.2, 0) is 10.0 Å². The maximum atomic E-state index is 12.5. The summed E-state index contributed by atoms with van der Waals surface area (Å²) < 4.78 is 29.5. The van der Waals surface area contributed by atoms with Gasteiger partial charge in [0.05, 0.1) is 0 Å². The second kappa shape index (κ2) is 7.18. The summed E-state index contributed by atoms with van der Waals surface area (Å²) in [5.74, 6) is 0. The topological polar surface area (TPSA) is 84.8 Å². The molecule has 2 heterocycles. The first kappa shape index (κ1) is 16.1. The van der Waals surface area contributed by atoms with Crippen molar-refractivity contribution in [1.29, 1.82) is 0 Å². The zero-order valence-electron chi connectivity index (χ0n) is 12.1. The number of pyridine rings is 1. The molecule has 0 bridgehead atoms. The zero-order valence-corrected chi connectivity index (χ0v) is 15.0. The summed E-state index contributed by atoms with van der Waals surface area (Å²) in [6, 6.07) is 5.35. The molecule has 6 nitrogen and oxygen atoms in total. The van der Waals surface area contributed by atoms with Gasteiger partial charge in [0.2, 0.25) is 0 Å². The minimum absolute atomic E-state index is 0.401. The van der Waals surface area contributed by atoms with Crippen molar-refractivity contribution < 1.29 is 29.6 Å². The number of allylic oxidation sites excluding steroid dienone is 4. The Bertz CT molecular complexity index is 851. The maximum absolute atomic E-state index is 12.5. The van der Waals surface area contributed by atoms with Gasteiger partial charge in [0.15, 0.2) is 0 Å². The monoisotopic (exact) mass is 441 g/mol. The second-order valence-corrected chi connectivity index (χ2v) is 9.24. The predicted molar refractivity (Wildman–Crippen MR) is 82.7 cm³/mol. The molecular weight excluding hydrogens is 427 g/mol. The quantitative estimate of drug-likeness (QED) is 0.474. The Hall–Kier alpha value is -1.81. The number of anilines is 1. The molecule has 0 spiro atoms. The molecule has 8 heteroatoms. The third kappa shape index (κ3) is 4.14. The number of halogens is 1. The standard InChI is InChI=1S/C15H14IN4O2S/c21-23(22,13-5-2-1-3-6-13)20-14-7-4-9-17-15(14)16-12-8-10-18-19-11-12/h1-2,4-5,7-11,20H,3,6H2/q-1. The normalized spacial score (nSPS) is 14.5. The van der Waals surface area contributed by atoms with Gasteiger partial charge in [0.1, 0.15) is 0 Å². The van der Waals surface area contributed by atoms with E-state index < -0.39 is 31.2 Å². The molecule has 0 amide bonds. The van der Waals surface area contributed by atoms with Gasteiger partial charge in [-0.05, 0) is 0 Å². The summed E-state index contributed by atoms with van der Waals surface area (Å²) in [6.45, 7) is 0. The summed E-state index contributed by atoms with van der Waals surface area (Å²) in [5, 5.41) is 7.60. The molecule has 0 aliphatic heterocycles. The van der Waals surface area contributed by atoms with Crippen molar-refractivity contribution in [1.82, 2.24) is 15.2 Å². The van der Waals surface area contributed by atoms with E-state index in [2.05, 4.69) is 19.9 Å². The van der Waals surface area contributed by atoms with Gasteiger partial charge in [0.25, 0.3) is 0 Å². The summed E-state index contributed by atoms with van der Waals surface area (Å²) >= 11 is -0.640. The molecule has 3 rings (SSSR count). The Kier molecular flexibility index (Phi) is 5.01. The van der Waals surface area contributed by atoms with E-state index in [0.717, 1.165) is 13.7 Å². The number of nitrogens with one attached hydrogen (secondary N) is 1. The molecule has 1 aliphatic rings. The molecule has 0 unspecified atom stereocenters. The zero-order chi connectivity index (χ0) is 16.1. The molecular formula is C15H14IN4O2S-. The van der Waals surface area contributed by atoms with Gasteiger partial charge in [-0.15, -0.1) is 0 Å². The van der Waals surface area contributed by atoms with Crippen LogP contribution in [-0.4, -0.2) is 23.6 Å². The van der Waals surface area contributed by atoms with E-state index >= 15 is 0 Å². The average Bonchev–Trinajstić information content (AvgIpc) is 2.58. The fourth-order valence-corrected chi connectivity index (χ4v) is 5.50. The van der Waals surface area contributed by atoms with Crippen molar-refractivity contribution >= 4 is 15.7 Å². The SMILES string of the molecule is O=S(=O)(Nc1cccnc1[I-]c1ccnnc1)C1=CC=CCC1. The molecule has 2 aromatic rings. The molecule has 2 aromatic heterocycles. The van der Waals surface area contributed by atoms with E-state index in [4.69, 9.17) is 0 Å². The van der Waals surface area contributed by atoms with Crippen LogP contribution in [0.1, 0.15) is 12.8 Å². The van der Waals surface area contributed by atoms with Crippen LogP contribution in [0, 0.1) is 7.27 Å².